The number of nitrogens with one attached hydrogen (secondary N) is 1. The smallest absolute Gasteiger partial charge is 0.305 e. The van der Waals surface area contributed by atoms with Gasteiger partial charge in [0.25, 0.3) is 0 Å². The fourth-order valence-electron chi connectivity index (χ4n) is 10.5. The minimum Gasteiger partial charge on any atom is -0.466 e. The fraction of sp³-hybridized carbons (Fsp3) is 0.939. The van der Waals surface area contributed by atoms with Gasteiger partial charge in [0.1, 0.15) is 0 Å². The van der Waals surface area contributed by atoms with Crippen LogP contribution in [0, 0.1) is 0 Å². The van der Waals surface area contributed by atoms with E-state index in [0.717, 1.165) is 38.5 Å². The predicted molar refractivity (Wildman–Crippen MR) is 315 cm³/mol. The summed E-state index contributed by atoms with van der Waals surface area (Å²) in [5.41, 5.74) is 0. The van der Waals surface area contributed by atoms with E-state index in [1.807, 2.05) is 0 Å². The number of amides is 1. The summed E-state index contributed by atoms with van der Waals surface area (Å²) < 4.78 is 5.50. The van der Waals surface area contributed by atoms with Crippen molar-refractivity contribution in [3.05, 3.63) is 12.2 Å². The normalized spacial score (nSPS) is 12.6. The molecule has 6 heteroatoms. The number of rotatable bonds is 62. The van der Waals surface area contributed by atoms with Gasteiger partial charge in [-0.05, 0) is 51.4 Å². The average Bonchev–Trinajstić information content (AvgIpc) is 3.38. The Morgan fingerprint density at radius 3 is 0.986 bits per heavy atom. The van der Waals surface area contributed by atoms with E-state index in [1.54, 1.807) is 0 Å². The van der Waals surface area contributed by atoms with Crippen molar-refractivity contribution in [1.29, 1.82) is 0 Å². The first-order valence-corrected chi connectivity index (χ1v) is 32.9. The van der Waals surface area contributed by atoms with E-state index in [4.69, 9.17) is 4.74 Å². The Balaban J connectivity index is 3.38. The van der Waals surface area contributed by atoms with Crippen LogP contribution in [0.25, 0.3) is 0 Å². The molecular weight excluding hydrogens is 887 g/mol. The molecule has 2 unspecified atom stereocenters. The Labute approximate surface area is 450 Å². The average molecular weight is 1020 g/mol. The zero-order valence-electron chi connectivity index (χ0n) is 48.9. The van der Waals surface area contributed by atoms with Gasteiger partial charge in [0.05, 0.1) is 25.4 Å². The van der Waals surface area contributed by atoms with Crippen LogP contribution in [-0.4, -0.2) is 47.4 Å². The highest BCUT2D eigenvalue weighted by Gasteiger charge is 2.20. The van der Waals surface area contributed by atoms with E-state index in [9.17, 15) is 19.8 Å². The van der Waals surface area contributed by atoms with Crippen molar-refractivity contribution in [1.82, 2.24) is 5.32 Å². The molecule has 0 aromatic rings. The van der Waals surface area contributed by atoms with Gasteiger partial charge >= 0.3 is 5.97 Å². The number of aliphatic hydroxyl groups excluding tert-OH is 2. The van der Waals surface area contributed by atoms with Crippen LogP contribution in [-0.2, 0) is 14.3 Å². The molecule has 0 aliphatic rings. The van der Waals surface area contributed by atoms with Crippen LogP contribution >= 0.6 is 0 Å². The molecular formula is C66H129NO5. The summed E-state index contributed by atoms with van der Waals surface area (Å²) in [5, 5.41) is 23.3. The molecule has 1 amide bonds. The van der Waals surface area contributed by atoms with Gasteiger partial charge in [-0.3, -0.25) is 9.59 Å². The number of carbonyl (C=O) groups is 2. The van der Waals surface area contributed by atoms with E-state index in [2.05, 4.69) is 31.3 Å². The molecule has 0 aromatic heterocycles. The van der Waals surface area contributed by atoms with Gasteiger partial charge < -0.3 is 20.3 Å². The summed E-state index contributed by atoms with van der Waals surface area (Å²) >= 11 is 0. The van der Waals surface area contributed by atoms with E-state index in [-0.39, 0.29) is 18.5 Å². The van der Waals surface area contributed by atoms with Gasteiger partial charge in [-0.1, -0.05) is 321 Å². The van der Waals surface area contributed by atoms with Crippen LogP contribution in [0.3, 0.4) is 0 Å². The van der Waals surface area contributed by atoms with Crippen molar-refractivity contribution in [2.75, 3.05) is 13.2 Å². The van der Waals surface area contributed by atoms with E-state index >= 15 is 0 Å². The Kier molecular flexibility index (Phi) is 60.9. The lowest BCUT2D eigenvalue weighted by molar-refractivity contribution is -0.143. The third-order valence-corrected chi connectivity index (χ3v) is 15.6. The number of ether oxygens (including phenoxy) is 1. The third-order valence-electron chi connectivity index (χ3n) is 15.6. The van der Waals surface area contributed by atoms with Crippen LogP contribution in [0.5, 0.6) is 0 Å². The lowest BCUT2D eigenvalue weighted by atomic mass is 10.0. The molecule has 0 fully saturated rings. The van der Waals surface area contributed by atoms with Crippen LogP contribution in [0.4, 0.5) is 0 Å². The monoisotopic (exact) mass is 1020 g/mol. The molecule has 0 rings (SSSR count). The molecule has 0 aliphatic carbocycles. The van der Waals surface area contributed by atoms with Gasteiger partial charge in [-0.15, -0.1) is 0 Å². The van der Waals surface area contributed by atoms with Gasteiger partial charge in [-0.2, -0.15) is 0 Å². The number of carbonyl (C=O) groups excluding carboxylic acids is 2. The minimum atomic E-state index is -0.668. The minimum absolute atomic E-state index is 0.0139. The second-order valence-electron chi connectivity index (χ2n) is 22.8. The van der Waals surface area contributed by atoms with Gasteiger partial charge in [0.15, 0.2) is 0 Å². The van der Waals surface area contributed by atoms with E-state index < -0.39 is 12.1 Å². The lowest BCUT2D eigenvalue weighted by Crippen LogP contribution is -2.45. The van der Waals surface area contributed by atoms with Gasteiger partial charge in [0.2, 0.25) is 5.91 Å². The summed E-state index contributed by atoms with van der Waals surface area (Å²) in [6.07, 6.45) is 75.2. The van der Waals surface area contributed by atoms with E-state index in [0.29, 0.717) is 25.9 Å². The second-order valence-corrected chi connectivity index (χ2v) is 22.8. The molecule has 0 radical (unpaired) electrons. The maximum Gasteiger partial charge on any atom is 0.305 e. The van der Waals surface area contributed by atoms with Gasteiger partial charge in [-0.25, -0.2) is 0 Å². The van der Waals surface area contributed by atoms with Crippen molar-refractivity contribution in [2.45, 2.75) is 386 Å². The van der Waals surface area contributed by atoms with Crippen LogP contribution in [0.2, 0.25) is 0 Å². The topological polar surface area (TPSA) is 95.9 Å². The standard InChI is InChI=1S/C66H129NO5/c1-3-5-7-9-11-13-15-17-19-20-24-28-32-36-40-44-48-52-56-60-66(71)72-61-57-53-49-45-41-37-33-29-26-23-21-22-25-27-31-35-39-43-47-51-55-59-65(70)67-63(62-68)64(69)58-54-50-46-42-38-34-30-18-16-14-12-10-8-6-4-2/h22,25,63-64,68-69H,3-21,23-24,26-62H2,1-2H3,(H,67,70)/b25-22-. The molecule has 0 saturated heterocycles. The third kappa shape index (κ3) is 57.9. The lowest BCUT2D eigenvalue weighted by Gasteiger charge is -2.22. The summed E-state index contributed by atoms with van der Waals surface area (Å²) in [6.45, 7) is 4.98. The molecule has 0 spiro atoms. The highest BCUT2D eigenvalue weighted by Crippen LogP contribution is 2.18. The zero-order chi connectivity index (χ0) is 52.2. The Bertz CT molecular complexity index is 1080. The molecule has 0 aromatic carbocycles. The molecule has 2 atom stereocenters. The fourth-order valence-corrected chi connectivity index (χ4v) is 10.5. The maximum absolute atomic E-state index is 12.5. The largest absolute Gasteiger partial charge is 0.466 e. The van der Waals surface area contributed by atoms with Crippen molar-refractivity contribution >= 4 is 11.9 Å². The number of aliphatic hydroxyl groups is 2. The molecule has 3 N–H and O–H groups in total. The highest BCUT2D eigenvalue weighted by molar-refractivity contribution is 5.76. The second kappa shape index (κ2) is 62.1. The molecule has 0 heterocycles. The summed E-state index contributed by atoms with van der Waals surface area (Å²) in [4.78, 5) is 24.6. The Morgan fingerprint density at radius 1 is 0.375 bits per heavy atom. The Hall–Kier alpha value is -1.40. The van der Waals surface area contributed by atoms with Crippen LogP contribution < -0.4 is 5.32 Å². The maximum atomic E-state index is 12.5. The first-order valence-electron chi connectivity index (χ1n) is 32.9. The van der Waals surface area contributed by atoms with Crippen molar-refractivity contribution in [3.8, 4) is 0 Å². The number of hydrogen-bond acceptors (Lipinski definition) is 5. The van der Waals surface area contributed by atoms with Crippen molar-refractivity contribution in [2.24, 2.45) is 0 Å². The number of unbranched alkanes of at least 4 members (excludes halogenated alkanes) is 49. The molecule has 0 aliphatic heterocycles. The Morgan fingerprint density at radius 2 is 0.653 bits per heavy atom. The summed E-state index contributed by atoms with van der Waals surface area (Å²) in [7, 11) is 0. The number of esters is 1. The molecule has 6 nitrogen and oxygen atoms in total. The number of hydrogen-bond donors (Lipinski definition) is 3. The summed E-state index contributed by atoms with van der Waals surface area (Å²) in [5.74, 6) is -0.0261. The van der Waals surface area contributed by atoms with Gasteiger partial charge in [0, 0.05) is 12.8 Å². The summed E-state index contributed by atoms with van der Waals surface area (Å²) in [6, 6.07) is -0.546. The van der Waals surface area contributed by atoms with E-state index in [1.165, 1.54) is 302 Å². The molecule has 72 heavy (non-hydrogen) atoms. The van der Waals surface area contributed by atoms with Crippen LogP contribution in [0.1, 0.15) is 373 Å². The molecule has 0 saturated carbocycles. The first kappa shape index (κ1) is 70.6. The predicted octanol–water partition coefficient (Wildman–Crippen LogP) is 20.8. The first-order chi connectivity index (χ1) is 35.5. The molecule has 0 bridgehead atoms. The zero-order valence-corrected chi connectivity index (χ0v) is 48.9. The van der Waals surface area contributed by atoms with Crippen LogP contribution in [0.15, 0.2) is 12.2 Å². The molecule has 428 valence electrons. The van der Waals surface area contributed by atoms with Crippen molar-refractivity contribution in [3.63, 3.8) is 0 Å². The SMILES string of the molecule is CCCCCCCCCCCCCCCCCCCCCC(=O)OCCCCCCCCCCCC/C=C\CCCCCCCCCC(=O)NC(CO)C(O)CCCCCCCCCCCCCCCCC. The van der Waals surface area contributed by atoms with Crippen molar-refractivity contribution < 1.29 is 24.5 Å². The highest BCUT2D eigenvalue weighted by atomic mass is 16.5. The quantitative estimate of drug-likeness (QED) is 0.0320. The number of allylic oxidation sites excluding steroid dienone is 2.